The number of rotatable bonds is 12. The third-order valence-corrected chi connectivity index (χ3v) is 10.9. The summed E-state index contributed by atoms with van der Waals surface area (Å²) in [5, 5.41) is 3.49. The molecule has 0 aliphatic heterocycles. The zero-order chi connectivity index (χ0) is 35.2. The fraction of sp³-hybridized carbons (Fsp3) is 0.278. The second-order valence-corrected chi connectivity index (χ2v) is 14.5. The van der Waals surface area contributed by atoms with Crippen molar-refractivity contribution in [3.8, 4) is 0 Å². The van der Waals surface area contributed by atoms with Gasteiger partial charge in [-0.05, 0) is 60.9 Å². The van der Waals surface area contributed by atoms with Gasteiger partial charge in [-0.1, -0.05) is 96.7 Å². The van der Waals surface area contributed by atoms with Crippen LogP contribution in [0.25, 0.3) is 0 Å². The lowest BCUT2D eigenvalue weighted by Crippen LogP contribution is -2.54. The fourth-order valence-electron chi connectivity index (χ4n) is 5.86. The van der Waals surface area contributed by atoms with E-state index in [4.69, 9.17) is 23.2 Å². The molecule has 7 nitrogen and oxygen atoms in total. The van der Waals surface area contributed by atoms with Gasteiger partial charge < -0.3 is 10.2 Å². The quantitative estimate of drug-likeness (QED) is 0.161. The van der Waals surface area contributed by atoms with E-state index in [-0.39, 0.29) is 39.6 Å². The van der Waals surface area contributed by atoms with Gasteiger partial charge in [-0.25, -0.2) is 8.42 Å². The number of hydrogen-bond acceptors (Lipinski definition) is 4. The molecule has 0 heterocycles. The maximum absolute atomic E-state index is 14.6. The van der Waals surface area contributed by atoms with Crippen LogP contribution in [-0.4, -0.2) is 43.8 Å². The van der Waals surface area contributed by atoms with Crippen molar-refractivity contribution in [2.24, 2.45) is 0 Å². The third kappa shape index (κ3) is 8.95. The van der Waals surface area contributed by atoms with E-state index < -0.39 is 46.2 Å². The number of sulfonamides is 1. The van der Waals surface area contributed by atoms with Crippen LogP contribution in [0.3, 0.4) is 0 Å². The van der Waals surface area contributed by atoms with E-state index in [1.165, 1.54) is 35.2 Å². The molecule has 0 spiro atoms. The lowest BCUT2D eigenvalue weighted by molar-refractivity contribution is -0.140. The Hall–Kier alpha value is -4.06. The Bertz CT molecular complexity index is 1850. The minimum atomic E-state index is -4.78. The van der Waals surface area contributed by atoms with Crippen LogP contribution in [0.4, 0.5) is 18.9 Å². The van der Waals surface area contributed by atoms with Gasteiger partial charge >= 0.3 is 6.18 Å². The van der Waals surface area contributed by atoms with Crippen LogP contribution in [0.2, 0.25) is 10.0 Å². The predicted octanol–water partition coefficient (Wildman–Crippen LogP) is 7.91. The topological polar surface area (TPSA) is 86.8 Å². The fourth-order valence-corrected chi connectivity index (χ4v) is 7.81. The van der Waals surface area contributed by atoms with Crippen LogP contribution in [0.1, 0.15) is 42.4 Å². The standard InChI is InChI=1S/C36H34Cl2F3N3O4S/c37-31-19-10-20-32(38)30(31)23-43(33(21-25-11-3-1-4-12-25)35(46)42-27-14-7-8-15-27)34(45)24-44(49(47,48)29-17-5-2-6-18-29)28-16-9-13-26(22-28)36(39,40)41/h1-6,9-13,16-20,22,27,33H,7-8,14-15,21,23-24H2,(H,42,46)/t33-/m1/s1. The summed E-state index contributed by atoms with van der Waals surface area (Å²) in [4.78, 5) is 29.7. The van der Waals surface area contributed by atoms with E-state index in [1.807, 2.05) is 6.07 Å². The summed E-state index contributed by atoms with van der Waals surface area (Å²) in [6.45, 7) is -1.21. The van der Waals surface area contributed by atoms with E-state index in [2.05, 4.69) is 5.32 Å². The first-order valence-corrected chi connectivity index (χ1v) is 17.9. The van der Waals surface area contributed by atoms with Gasteiger partial charge in [0.15, 0.2) is 0 Å². The highest BCUT2D eigenvalue weighted by Crippen LogP contribution is 2.34. The maximum atomic E-state index is 14.6. The van der Waals surface area contributed by atoms with Gasteiger partial charge in [0.25, 0.3) is 10.0 Å². The molecule has 1 aliphatic rings. The SMILES string of the molecule is O=C(NC1CCCC1)[C@@H](Cc1ccccc1)N(Cc1c(Cl)cccc1Cl)C(=O)CN(c1cccc(C(F)(F)F)c1)S(=O)(=O)c1ccccc1. The third-order valence-electron chi connectivity index (χ3n) is 8.43. The van der Waals surface area contributed by atoms with E-state index in [0.29, 0.717) is 15.9 Å². The number of anilines is 1. The maximum Gasteiger partial charge on any atom is 0.416 e. The number of amides is 2. The van der Waals surface area contributed by atoms with Gasteiger partial charge in [0.05, 0.1) is 16.1 Å². The molecular formula is C36H34Cl2F3N3O4S. The molecule has 1 aliphatic carbocycles. The van der Waals surface area contributed by atoms with E-state index >= 15 is 0 Å². The van der Waals surface area contributed by atoms with Crippen molar-refractivity contribution in [1.82, 2.24) is 10.2 Å². The van der Waals surface area contributed by atoms with Crippen molar-refractivity contribution in [3.63, 3.8) is 0 Å². The van der Waals surface area contributed by atoms with Crippen LogP contribution in [0.15, 0.2) is 108 Å². The minimum Gasteiger partial charge on any atom is -0.352 e. The molecule has 4 aromatic rings. The molecule has 5 rings (SSSR count). The van der Waals surface area contributed by atoms with Crippen LogP contribution in [0.5, 0.6) is 0 Å². The van der Waals surface area contributed by atoms with Gasteiger partial charge in [0.1, 0.15) is 12.6 Å². The first-order chi connectivity index (χ1) is 23.3. The molecule has 49 heavy (non-hydrogen) atoms. The summed E-state index contributed by atoms with van der Waals surface area (Å²) in [6.07, 6.45) is -1.30. The number of nitrogens with one attached hydrogen (secondary N) is 1. The normalized spacial score (nSPS) is 14.3. The molecule has 4 aromatic carbocycles. The molecule has 1 atom stereocenters. The number of hydrogen-bond donors (Lipinski definition) is 1. The van der Waals surface area contributed by atoms with E-state index in [0.717, 1.165) is 43.4 Å². The van der Waals surface area contributed by atoms with Crippen LogP contribution in [-0.2, 0) is 38.8 Å². The van der Waals surface area contributed by atoms with Gasteiger partial charge in [0, 0.05) is 34.6 Å². The molecule has 0 bridgehead atoms. The molecular weight excluding hydrogens is 698 g/mol. The number of carbonyl (C=O) groups is 2. The first-order valence-electron chi connectivity index (χ1n) is 15.7. The second kappa shape index (κ2) is 15.7. The second-order valence-electron chi connectivity index (χ2n) is 11.8. The average Bonchev–Trinajstić information content (AvgIpc) is 3.60. The van der Waals surface area contributed by atoms with E-state index in [1.54, 1.807) is 48.5 Å². The smallest absolute Gasteiger partial charge is 0.352 e. The molecule has 1 saturated carbocycles. The Morgan fingerprint density at radius 3 is 2.04 bits per heavy atom. The van der Waals surface area contributed by atoms with Crippen molar-refractivity contribution < 1.29 is 31.2 Å². The minimum absolute atomic E-state index is 0.0577. The highest BCUT2D eigenvalue weighted by molar-refractivity contribution is 7.92. The van der Waals surface area contributed by atoms with Crippen LogP contribution >= 0.6 is 23.2 Å². The lowest BCUT2D eigenvalue weighted by Gasteiger charge is -2.34. The highest BCUT2D eigenvalue weighted by Gasteiger charge is 2.37. The number of benzene rings is 4. The summed E-state index contributed by atoms with van der Waals surface area (Å²) < 4.78 is 70.3. The van der Waals surface area contributed by atoms with Crippen molar-refractivity contribution >= 4 is 50.7 Å². The largest absolute Gasteiger partial charge is 0.416 e. The monoisotopic (exact) mass is 731 g/mol. The molecule has 1 N–H and O–H groups in total. The molecule has 0 radical (unpaired) electrons. The summed E-state index contributed by atoms with van der Waals surface area (Å²) >= 11 is 13.1. The Kier molecular flexibility index (Phi) is 11.6. The Labute approximate surface area is 293 Å². The highest BCUT2D eigenvalue weighted by atomic mass is 35.5. The van der Waals surface area contributed by atoms with E-state index in [9.17, 15) is 31.2 Å². The predicted molar refractivity (Wildman–Crippen MR) is 184 cm³/mol. The molecule has 0 saturated heterocycles. The summed E-state index contributed by atoms with van der Waals surface area (Å²) in [7, 11) is -4.59. The zero-order valence-electron chi connectivity index (χ0n) is 26.2. The lowest BCUT2D eigenvalue weighted by atomic mass is 10.0. The van der Waals surface area contributed by atoms with Gasteiger partial charge in [-0.3, -0.25) is 13.9 Å². The molecule has 0 unspecified atom stereocenters. The number of carbonyl (C=O) groups excluding carboxylic acids is 2. The zero-order valence-corrected chi connectivity index (χ0v) is 28.6. The molecule has 13 heteroatoms. The van der Waals surface area contributed by atoms with Crippen molar-refractivity contribution in [1.29, 1.82) is 0 Å². The molecule has 1 fully saturated rings. The summed E-state index contributed by atoms with van der Waals surface area (Å²) in [6, 6.07) is 23.3. The van der Waals surface area contributed by atoms with Crippen LogP contribution < -0.4 is 9.62 Å². The number of alkyl halides is 3. The Morgan fingerprint density at radius 2 is 1.43 bits per heavy atom. The number of halogens is 5. The molecule has 258 valence electrons. The average molecular weight is 733 g/mol. The Balaban J connectivity index is 1.62. The summed E-state index contributed by atoms with van der Waals surface area (Å²) in [5.41, 5.74) is -0.424. The van der Waals surface area contributed by atoms with Crippen molar-refractivity contribution in [2.45, 2.75) is 61.8 Å². The van der Waals surface area contributed by atoms with Gasteiger partial charge in [-0.2, -0.15) is 13.2 Å². The number of nitrogens with zero attached hydrogens (tertiary/aromatic N) is 2. The van der Waals surface area contributed by atoms with Crippen molar-refractivity contribution in [2.75, 3.05) is 10.8 Å². The summed E-state index contributed by atoms with van der Waals surface area (Å²) in [5.74, 6) is -1.31. The van der Waals surface area contributed by atoms with Crippen molar-refractivity contribution in [3.05, 3.63) is 130 Å². The Morgan fingerprint density at radius 1 is 0.837 bits per heavy atom. The molecule has 2 amide bonds. The first kappa shape index (κ1) is 36.2. The van der Waals surface area contributed by atoms with Crippen LogP contribution in [0, 0.1) is 0 Å². The van der Waals surface area contributed by atoms with Gasteiger partial charge in [-0.15, -0.1) is 0 Å². The van der Waals surface area contributed by atoms with Gasteiger partial charge in [0.2, 0.25) is 11.8 Å². The molecule has 0 aromatic heterocycles.